The van der Waals surface area contributed by atoms with Gasteiger partial charge in [-0.2, -0.15) is 0 Å². The van der Waals surface area contributed by atoms with E-state index in [0.717, 1.165) is 18.2 Å². The fraction of sp³-hybridized carbons (Fsp3) is 0.214. The minimum Gasteiger partial charge on any atom is -0.483 e. The number of nitrogens with zero attached hydrogens (tertiary/aromatic N) is 1. The summed E-state index contributed by atoms with van der Waals surface area (Å²) in [6, 6.07) is 19.8. The van der Waals surface area contributed by atoms with Crippen LogP contribution in [0, 0.1) is 0 Å². The zero-order valence-corrected chi connectivity index (χ0v) is 20.6. The Balaban J connectivity index is 1.31. The van der Waals surface area contributed by atoms with E-state index < -0.39 is 29.5 Å². The molecule has 3 aromatic carbocycles. The third-order valence-electron chi connectivity index (χ3n) is 5.52. The SMILES string of the molecule is CN(C(=O)Oc1cccc2c1OC(C)(C)C2)C(=O)C(=O)Oc1ccc(C(=O)OCc2ccccc2)cc1. The molecule has 1 aliphatic heterocycles. The lowest BCUT2D eigenvalue weighted by Crippen LogP contribution is -2.41. The third kappa shape index (κ3) is 6.13. The van der Waals surface area contributed by atoms with Crippen LogP contribution in [-0.2, 0) is 27.4 Å². The van der Waals surface area contributed by atoms with Crippen LogP contribution < -0.4 is 14.2 Å². The number of likely N-dealkylation sites (N-methyl/N-ethyl adjacent to an activating group) is 1. The van der Waals surface area contributed by atoms with E-state index in [4.69, 9.17) is 18.9 Å². The van der Waals surface area contributed by atoms with Gasteiger partial charge in [0.1, 0.15) is 18.0 Å². The van der Waals surface area contributed by atoms with Crippen LogP contribution in [0.3, 0.4) is 0 Å². The van der Waals surface area contributed by atoms with Crippen LogP contribution in [0.15, 0.2) is 72.8 Å². The fourth-order valence-electron chi connectivity index (χ4n) is 3.67. The van der Waals surface area contributed by atoms with Crippen molar-refractivity contribution in [1.82, 2.24) is 4.90 Å². The minimum atomic E-state index is -1.30. The lowest BCUT2D eigenvalue weighted by atomic mass is 10.0. The van der Waals surface area contributed by atoms with Crippen molar-refractivity contribution in [1.29, 1.82) is 0 Å². The van der Waals surface area contributed by atoms with Gasteiger partial charge in [0, 0.05) is 19.0 Å². The molecular weight excluding hydrogens is 478 g/mol. The summed E-state index contributed by atoms with van der Waals surface area (Å²) in [4.78, 5) is 50.0. The van der Waals surface area contributed by atoms with Crippen molar-refractivity contribution in [2.24, 2.45) is 0 Å². The fourth-order valence-corrected chi connectivity index (χ4v) is 3.67. The number of benzene rings is 3. The summed E-state index contributed by atoms with van der Waals surface area (Å²) in [5.41, 5.74) is 1.50. The van der Waals surface area contributed by atoms with E-state index in [1.54, 1.807) is 12.1 Å². The average Bonchev–Trinajstić information content (AvgIpc) is 3.22. The molecule has 0 aromatic heterocycles. The molecule has 0 N–H and O–H groups in total. The van der Waals surface area contributed by atoms with Gasteiger partial charge in [0.25, 0.3) is 0 Å². The predicted octanol–water partition coefficient (Wildman–Crippen LogP) is 4.32. The van der Waals surface area contributed by atoms with Crippen LogP contribution in [-0.4, -0.2) is 41.5 Å². The van der Waals surface area contributed by atoms with Crippen molar-refractivity contribution in [2.45, 2.75) is 32.5 Å². The molecule has 37 heavy (non-hydrogen) atoms. The van der Waals surface area contributed by atoms with Crippen molar-refractivity contribution in [3.8, 4) is 17.2 Å². The minimum absolute atomic E-state index is 0.0104. The highest BCUT2D eigenvalue weighted by molar-refractivity contribution is 6.35. The number of rotatable bonds is 5. The molecule has 9 nitrogen and oxygen atoms in total. The van der Waals surface area contributed by atoms with Crippen LogP contribution in [0.4, 0.5) is 4.79 Å². The van der Waals surface area contributed by atoms with Gasteiger partial charge in [-0.15, -0.1) is 0 Å². The lowest BCUT2D eigenvalue weighted by Gasteiger charge is -2.19. The van der Waals surface area contributed by atoms with Gasteiger partial charge in [0.2, 0.25) is 0 Å². The zero-order chi connectivity index (χ0) is 26.6. The first-order chi connectivity index (χ1) is 17.6. The monoisotopic (exact) mass is 503 g/mol. The number of carbonyl (C=O) groups is 4. The van der Waals surface area contributed by atoms with Crippen LogP contribution in [0.2, 0.25) is 0 Å². The molecule has 0 atom stereocenters. The number of para-hydroxylation sites is 1. The Bertz CT molecular complexity index is 1330. The number of hydrogen-bond acceptors (Lipinski definition) is 8. The van der Waals surface area contributed by atoms with Crippen molar-refractivity contribution in [2.75, 3.05) is 7.05 Å². The Labute approximate surface area is 213 Å². The van der Waals surface area contributed by atoms with E-state index in [1.807, 2.05) is 50.2 Å². The molecular formula is C28H25NO8. The molecule has 0 aliphatic carbocycles. The highest BCUT2D eigenvalue weighted by Crippen LogP contribution is 2.41. The molecule has 4 rings (SSSR count). The second-order valence-corrected chi connectivity index (χ2v) is 8.99. The number of fused-ring (bicyclic) bond motifs is 1. The molecule has 0 unspecified atom stereocenters. The number of carbonyl (C=O) groups excluding carboxylic acids is 4. The van der Waals surface area contributed by atoms with Gasteiger partial charge < -0.3 is 18.9 Å². The van der Waals surface area contributed by atoms with Crippen molar-refractivity contribution in [3.05, 3.63) is 89.5 Å². The maximum absolute atomic E-state index is 12.5. The summed E-state index contributed by atoms with van der Waals surface area (Å²) in [7, 11) is 1.10. The first kappa shape index (κ1) is 25.4. The average molecular weight is 504 g/mol. The molecule has 9 heteroatoms. The van der Waals surface area contributed by atoms with Gasteiger partial charge in [0.05, 0.1) is 5.56 Å². The molecule has 3 aromatic rings. The summed E-state index contributed by atoms with van der Waals surface area (Å²) in [5, 5.41) is 0. The molecule has 0 radical (unpaired) electrons. The summed E-state index contributed by atoms with van der Waals surface area (Å²) in [6.07, 6.45) is -0.432. The third-order valence-corrected chi connectivity index (χ3v) is 5.52. The summed E-state index contributed by atoms with van der Waals surface area (Å²) < 4.78 is 21.5. The summed E-state index contributed by atoms with van der Waals surface area (Å²) >= 11 is 0. The summed E-state index contributed by atoms with van der Waals surface area (Å²) in [6.45, 7) is 3.93. The number of imide groups is 1. The zero-order valence-electron chi connectivity index (χ0n) is 20.6. The molecule has 1 heterocycles. The van der Waals surface area contributed by atoms with Gasteiger partial charge in [-0.3, -0.25) is 4.79 Å². The highest BCUT2D eigenvalue weighted by Gasteiger charge is 2.34. The van der Waals surface area contributed by atoms with E-state index in [1.165, 1.54) is 24.3 Å². The van der Waals surface area contributed by atoms with Crippen LogP contribution in [0.25, 0.3) is 0 Å². The van der Waals surface area contributed by atoms with E-state index in [-0.39, 0.29) is 23.7 Å². The van der Waals surface area contributed by atoms with Crippen LogP contribution in [0.1, 0.15) is 35.3 Å². The summed E-state index contributed by atoms with van der Waals surface area (Å²) in [5.74, 6) is -2.50. The maximum Gasteiger partial charge on any atom is 0.422 e. The maximum atomic E-state index is 12.5. The number of amides is 2. The Morgan fingerprint density at radius 2 is 1.59 bits per heavy atom. The second kappa shape index (κ2) is 10.5. The molecule has 0 spiro atoms. The second-order valence-electron chi connectivity index (χ2n) is 8.99. The number of hydrogen-bond donors (Lipinski definition) is 0. The van der Waals surface area contributed by atoms with E-state index in [2.05, 4.69) is 0 Å². The first-order valence-electron chi connectivity index (χ1n) is 11.5. The normalized spacial score (nSPS) is 13.1. The Hall–Kier alpha value is -4.66. The largest absolute Gasteiger partial charge is 0.483 e. The topological polar surface area (TPSA) is 108 Å². The van der Waals surface area contributed by atoms with Gasteiger partial charge >= 0.3 is 23.9 Å². The molecule has 1 aliphatic rings. The Morgan fingerprint density at radius 3 is 2.30 bits per heavy atom. The smallest absolute Gasteiger partial charge is 0.422 e. The first-order valence-corrected chi connectivity index (χ1v) is 11.5. The van der Waals surface area contributed by atoms with Crippen LogP contribution in [0.5, 0.6) is 17.2 Å². The Morgan fingerprint density at radius 1 is 0.892 bits per heavy atom. The van der Waals surface area contributed by atoms with Crippen molar-refractivity contribution < 1.29 is 38.1 Å². The quantitative estimate of drug-likeness (QED) is 0.288. The van der Waals surface area contributed by atoms with Gasteiger partial charge in [-0.25, -0.2) is 19.3 Å². The van der Waals surface area contributed by atoms with E-state index in [0.29, 0.717) is 17.1 Å². The molecule has 190 valence electrons. The molecule has 0 bridgehead atoms. The molecule has 0 saturated carbocycles. The van der Waals surface area contributed by atoms with Crippen molar-refractivity contribution >= 4 is 23.9 Å². The number of esters is 2. The molecule has 2 amide bonds. The van der Waals surface area contributed by atoms with E-state index in [9.17, 15) is 19.2 Å². The number of ether oxygens (including phenoxy) is 4. The lowest BCUT2D eigenvalue weighted by molar-refractivity contribution is -0.152. The Kier molecular flexibility index (Phi) is 7.24. The standard InChI is InChI=1S/C28H25NO8/c1-28(2)16-20-10-7-11-22(23(20)37-28)36-27(33)29(3)24(30)26(32)35-21-14-12-19(13-15-21)25(31)34-17-18-8-5-4-6-9-18/h4-15H,16-17H2,1-3H3. The van der Waals surface area contributed by atoms with Gasteiger partial charge in [-0.05, 0) is 49.7 Å². The predicted molar refractivity (Wildman–Crippen MR) is 131 cm³/mol. The van der Waals surface area contributed by atoms with Gasteiger partial charge in [-0.1, -0.05) is 42.5 Å². The van der Waals surface area contributed by atoms with Crippen LogP contribution >= 0.6 is 0 Å². The molecule has 0 saturated heterocycles. The highest BCUT2D eigenvalue weighted by atomic mass is 16.6. The van der Waals surface area contributed by atoms with Gasteiger partial charge in [0.15, 0.2) is 11.5 Å². The molecule has 0 fully saturated rings. The van der Waals surface area contributed by atoms with E-state index >= 15 is 0 Å². The van der Waals surface area contributed by atoms with Crippen molar-refractivity contribution in [3.63, 3.8) is 0 Å².